The van der Waals surface area contributed by atoms with Crippen molar-refractivity contribution < 1.29 is 19.1 Å². The first-order valence-electron chi connectivity index (χ1n) is 8.91. The normalized spacial score (nSPS) is 10.6. The Bertz CT molecular complexity index is 1120. The minimum Gasteiger partial charge on any atom is -0.497 e. The molecular formula is C21H21N3O5. The lowest BCUT2D eigenvalue weighted by atomic mass is 10.2. The van der Waals surface area contributed by atoms with Crippen molar-refractivity contribution in [2.75, 3.05) is 14.2 Å². The summed E-state index contributed by atoms with van der Waals surface area (Å²) in [6.45, 7) is 2.01. The van der Waals surface area contributed by atoms with Crippen LogP contribution >= 0.6 is 0 Å². The van der Waals surface area contributed by atoms with Crippen molar-refractivity contribution in [2.24, 2.45) is 0 Å². The van der Waals surface area contributed by atoms with Crippen molar-refractivity contribution in [3.63, 3.8) is 0 Å². The Morgan fingerprint density at radius 2 is 1.83 bits per heavy atom. The standard InChI is InChI=1S/C21H21N3O5/c1-13-4-9-16-19(26)17(21(27)29-3)11-24(20(16)23-13)12-18(25)22-10-14-5-7-15(28-2)8-6-14/h4-9,11H,10,12H2,1-3H3,(H,22,25). The Balaban J connectivity index is 1.86. The van der Waals surface area contributed by atoms with E-state index >= 15 is 0 Å². The average Bonchev–Trinajstić information content (AvgIpc) is 2.74. The lowest BCUT2D eigenvalue weighted by Gasteiger charge is -2.13. The van der Waals surface area contributed by atoms with E-state index in [0.29, 0.717) is 17.9 Å². The number of carbonyl (C=O) groups is 2. The highest BCUT2D eigenvalue weighted by atomic mass is 16.5. The fourth-order valence-corrected chi connectivity index (χ4v) is 2.89. The van der Waals surface area contributed by atoms with Crippen LogP contribution in [0.3, 0.4) is 0 Å². The Morgan fingerprint density at radius 3 is 2.48 bits per heavy atom. The molecule has 0 aliphatic heterocycles. The quantitative estimate of drug-likeness (QED) is 0.639. The zero-order valence-corrected chi connectivity index (χ0v) is 16.4. The van der Waals surface area contributed by atoms with E-state index in [0.717, 1.165) is 11.3 Å². The zero-order valence-electron chi connectivity index (χ0n) is 16.4. The second-order valence-electron chi connectivity index (χ2n) is 6.44. The van der Waals surface area contributed by atoms with Gasteiger partial charge in [0.15, 0.2) is 0 Å². The molecule has 150 valence electrons. The minimum absolute atomic E-state index is 0.104. The van der Waals surface area contributed by atoms with Gasteiger partial charge in [0.05, 0.1) is 19.6 Å². The number of nitrogens with zero attached hydrogens (tertiary/aromatic N) is 2. The van der Waals surface area contributed by atoms with Crippen molar-refractivity contribution in [2.45, 2.75) is 20.0 Å². The van der Waals surface area contributed by atoms with Crippen LogP contribution in [0.4, 0.5) is 0 Å². The maximum Gasteiger partial charge on any atom is 0.343 e. The average molecular weight is 395 g/mol. The summed E-state index contributed by atoms with van der Waals surface area (Å²) >= 11 is 0. The summed E-state index contributed by atoms with van der Waals surface area (Å²) < 4.78 is 11.3. The molecule has 0 unspecified atom stereocenters. The maximum absolute atomic E-state index is 12.6. The summed E-state index contributed by atoms with van der Waals surface area (Å²) in [7, 11) is 2.79. The smallest absolute Gasteiger partial charge is 0.343 e. The van der Waals surface area contributed by atoms with E-state index < -0.39 is 11.4 Å². The molecule has 0 bridgehead atoms. The van der Waals surface area contributed by atoms with Gasteiger partial charge in [0, 0.05) is 18.4 Å². The number of benzene rings is 1. The van der Waals surface area contributed by atoms with Crippen LogP contribution in [-0.4, -0.2) is 35.6 Å². The van der Waals surface area contributed by atoms with Crippen LogP contribution in [0, 0.1) is 6.92 Å². The van der Waals surface area contributed by atoms with Gasteiger partial charge in [-0.2, -0.15) is 0 Å². The lowest BCUT2D eigenvalue weighted by molar-refractivity contribution is -0.121. The van der Waals surface area contributed by atoms with Gasteiger partial charge in [0.1, 0.15) is 23.5 Å². The molecule has 29 heavy (non-hydrogen) atoms. The van der Waals surface area contributed by atoms with E-state index in [1.807, 2.05) is 24.3 Å². The highest BCUT2D eigenvalue weighted by Crippen LogP contribution is 2.13. The van der Waals surface area contributed by atoms with Gasteiger partial charge in [0.2, 0.25) is 11.3 Å². The van der Waals surface area contributed by atoms with E-state index in [2.05, 4.69) is 10.3 Å². The van der Waals surface area contributed by atoms with Gasteiger partial charge in [-0.05, 0) is 36.8 Å². The molecule has 2 heterocycles. The maximum atomic E-state index is 12.6. The lowest BCUT2D eigenvalue weighted by Crippen LogP contribution is -2.29. The van der Waals surface area contributed by atoms with Crippen molar-refractivity contribution in [3.8, 4) is 5.75 Å². The molecule has 8 heteroatoms. The number of fused-ring (bicyclic) bond motifs is 1. The second-order valence-corrected chi connectivity index (χ2v) is 6.44. The molecule has 0 spiro atoms. The zero-order chi connectivity index (χ0) is 21.0. The number of aryl methyl sites for hydroxylation is 1. The minimum atomic E-state index is -0.759. The number of hydrogen-bond donors (Lipinski definition) is 1. The van der Waals surface area contributed by atoms with Crippen molar-refractivity contribution in [1.82, 2.24) is 14.9 Å². The van der Waals surface area contributed by atoms with Gasteiger partial charge < -0.3 is 19.4 Å². The Morgan fingerprint density at radius 1 is 1.10 bits per heavy atom. The predicted molar refractivity (Wildman–Crippen MR) is 107 cm³/mol. The molecule has 0 fully saturated rings. The Hall–Kier alpha value is -3.68. The SMILES string of the molecule is COC(=O)c1cn(CC(=O)NCc2ccc(OC)cc2)c2nc(C)ccc2c1=O. The summed E-state index contributed by atoms with van der Waals surface area (Å²) in [6.07, 6.45) is 1.32. The van der Waals surface area contributed by atoms with E-state index in [4.69, 9.17) is 9.47 Å². The number of carbonyl (C=O) groups excluding carboxylic acids is 2. The van der Waals surface area contributed by atoms with Gasteiger partial charge in [0.25, 0.3) is 0 Å². The van der Waals surface area contributed by atoms with Gasteiger partial charge >= 0.3 is 5.97 Å². The molecule has 0 aliphatic rings. The van der Waals surface area contributed by atoms with Crippen LogP contribution in [0.15, 0.2) is 47.4 Å². The number of esters is 1. The highest BCUT2D eigenvalue weighted by molar-refractivity contribution is 5.93. The summed E-state index contributed by atoms with van der Waals surface area (Å²) in [5.74, 6) is -0.314. The molecule has 0 aliphatic carbocycles. The number of methoxy groups -OCH3 is 2. The molecule has 0 saturated carbocycles. The number of aromatic nitrogens is 2. The topological polar surface area (TPSA) is 99.5 Å². The molecule has 3 rings (SSSR count). The number of amides is 1. The van der Waals surface area contributed by atoms with E-state index in [9.17, 15) is 14.4 Å². The summed E-state index contributed by atoms with van der Waals surface area (Å²) in [4.78, 5) is 41.4. The van der Waals surface area contributed by atoms with Crippen LogP contribution in [0.5, 0.6) is 5.75 Å². The van der Waals surface area contributed by atoms with Crippen molar-refractivity contribution >= 4 is 22.9 Å². The molecule has 0 radical (unpaired) electrons. The summed E-state index contributed by atoms with van der Waals surface area (Å²) in [5.41, 5.74) is 1.31. The van der Waals surface area contributed by atoms with E-state index in [1.165, 1.54) is 17.9 Å². The Labute approximate surface area is 167 Å². The van der Waals surface area contributed by atoms with Crippen LogP contribution in [-0.2, 0) is 22.6 Å². The van der Waals surface area contributed by atoms with E-state index in [-0.39, 0.29) is 23.4 Å². The third-order valence-corrected chi connectivity index (χ3v) is 4.43. The largest absolute Gasteiger partial charge is 0.497 e. The van der Waals surface area contributed by atoms with E-state index in [1.54, 1.807) is 26.2 Å². The van der Waals surface area contributed by atoms with Gasteiger partial charge in [-0.15, -0.1) is 0 Å². The van der Waals surface area contributed by atoms with Crippen LogP contribution in [0.25, 0.3) is 11.0 Å². The highest BCUT2D eigenvalue weighted by Gasteiger charge is 2.18. The van der Waals surface area contributed by atoms with Crippen molar-refractivity contribution in [1.29, 1.82) is 0 Å². The number of rotatable bonds is 6. The third kappa shape index (κ3) is 4.43. The molecule has 1 amide bonds. The molecule has 2 aromatic heterocycles. The molecule has 8 nitrogen and oxygen atoms in total. The first-order valence-corrected chi connectivity index (χ1v) is 8.91. The molecule has 1 aromatic carbocycles. The monoisotopic (exact) mass is 395 g/mol. The van der Waals surface area contributed by atoms with Crippen LogP contribution in [0.2, 0.25) is 0 Å². The fourth-order valence-electron chi connectivity index (χ4n) is 2.89. The van der Waals surface area contributed by atoms with Crippen molar-refractivity contribution in [3.05, 3.63) is 69.6 Å². The first-order chi connectivity index (χ1) is 13.9. The summed E-state index contributed by atoms with van der Waals surface area (Å²) in [5, 5.41) is 3.07. The predicted octanol–water partition coefficient (Wildman–Crippen LogP) is 1.82. The molecule has 3 aromatic rings. The van der Waals surface area contributed by atoms with Crippen LogP contribution < -0.4 is 15.5 Å². The van der Waals surface area contributed by atoms with Gasteiger partial charge in [-0.3, -0.25) is 9.59 Å². The molecule has 0 saturated heterocycles. The molecule has 0 atom stereocenters. The fraction of sp³-hybridized carbons (Fsp3) is 0.238. The Kier molecular flexibility index (Phi) is 5.92. The van der Waals surface area contributed by atoms with Gasteiger partial charge in [-0.25, -0.2) is 9.78 Å². The molecular weight excluding hydrogens is 374 g/mol. The van der Waals surface area contributed by atoms with Crippen LogP contribution in [0.1, 0.15) is 21.6 Å². The number of nitrogens with one attached hydrogen (secondary N) is 1. The number of hydrogen-bond acceptors (Lipinski definition) is 6. The molecule has 1 N–H and O–H groups in total. The second kappa shape index (κ2) is 8.55. The third-order valence-electron chi connectivity index (χ3n) is 4.43. The summed E-state index contributed by atoms with van der Waals surface area (Å²) in [6, 6.07) is 10.6. The first kappa shape index (κ1) is 20.1. The number of ether oxygens (including phenoxy) is 2. The van der Waals surface area contributed by atoms with Gasteiger partial charge in [-0.1, -0.05) is 12.1 Å². The number of pyridine rings is 2.